The van der Waals surface area contributed by atoms with Gasteiger partial charge in [-0.1, -0.05) is 42.7 Å². The number of benzene rings is 1. The average Bonchev–Trinajstić information content (AvgIpc) is 2.85. The largest absolute Gasteiger partial charge is 0.384 e. The van der Waals surface area contributed by atoms with Gasteiger partial charge in [-0.05, 0) is 24.1 Å². The van der Waals surface area contributed by atoms with Crippen LogP contribution < -0.4 is 5.69 Å². The fourth-order valence-electron chi connectivity index (χ4n) is 1.86. The van der Waals surface area contributed by atoms with Gasteiger partial charge < -0.3 is 5.11 Å². The number of nitrogens with one attached hydrogen (secondary N) is 1. The van der Waals surface area contributed by atoms with Crippen molar-refractivity contribution in [3.8, 4) is 11.8 Å². The van der Waals surface area contributed by atoms with Gasteiger partial charge >= 0.3 is 5.69 Å². The lowest BCUT2D eigenvalue weighted by molar-refractivity contribution is 0.350. The van der Waals surface area contributed by atoms with E-state index in [0.29, 0.717) is 17.5 Å². The summed E-state index contributed by atoms with van der Waals surface area (Å²) in [5, 5.41) is 15.9. The lowest BCUT2D eigenvalue weighted by Crippen LogP contribution is -2.17. The number of aromatic amines is 1. The molecule has 0 saturated heterocycles. The van der Waals surface area contributed by atoms with Crippen LogP contribution in [0, 0.1) is 11.8 Å². The Hall–Kier alpha value is -1.97. The monoisotopic (exact) mass is 303 g/mol. The van der Waals surface area contributed by atoms with Crippen molar-refractivity contribution in [3.63, 3.8) is 0 Å². The summed E-state index contributed by atoms with van der Waals surface area (Å²) in [6.07, 6.45) is 0.888. The quantitative estimate of drug-likeness (QED) is 0.650. The van der Waals surface area contributed by atoms with E-state index in [1.54, 1.807) is 4.57 Å². The van der Waals surface area contributed by atoms with Crippen molar-refractivity contribution in [2.24, 2.45) is 0 Å². The van der Waals surface area contributed by atoms with Crippen LogP contribution in [0.2, 0.25) is 0 Å². The summed E-state index contributed by atoms with van der Waals surface area (Å²) >= 11 is 1.52. The van der Waals surface area contributed by atoms with E-state index >= 15 is 0 Å². The number of aromatic nitrogens is 3. The van der Waals surface area contributed by atoms with Gasteiger partial charge in [-0.2, -0.15) is 0 Å². The number of hydrogen-bond acceptors (Lipinski definition) is 4. The predicted octanol–water partition coefficient (Wildman–Crippen LogP) is 1.62. The van der Waals surface area contributed by atoms with Gasteiger partial charge in [-0.25, -0.2) is 9.89 Å². The van der Waals surface area contributed by atoms with E-state index < -0.39 is 0 Å². The molecule has 1 heterocycles. The third-order valence-corrected chi connectivity index (χ3v) is 3.82. The summed E-state index contributed by atoms with van der Waals surface area (Å²) < 4.78 is 1.65. The number of nitrogens with zero attached hydrogens (tertiary/aromatic N) is 2. The zero-order chi connectivity index (χ0) is 15.1. The standard InChI is InChI=1S/C15H17N3O2S/c1-2-8-18-14(20)16-17-15(18)21-11-13-6-3-5-12(10-13)7-4-9-19/h3,5-6,10,19H,2,8-9,11H2,1H3,(H,16,20). The maximum absolute atomic E-state index is 11.6. The molecule has 6 heteroatoms. The van der Waals surface area contributed by atoms with Gasteiger partial charge in [0, 0.05) is 17.9 Å². The molecule has 21 heavy (non-hydrogen) atoms. The van der Waals surface area contributed by atoms with Crippen molar-refractivity contribution in [3.05, 3.63) is 45.9 Å². The molecule has 0 bridgehead atoms. The molecule has 0 spiro atoms. The number of H-pyrrole nitrogens is 1. The Labute approximate surface area is 127 Å². The molecule has 2 N–H and O–H groups in total. The molecule has 0 fully saturated rings. The van der Waals surface area contributed by atoms with Crippen LogP contribution in [0.1, 0.15) is 24.5 Å². The fourth-order valence-corrected chi connectivity index (χ4v) is 2.78. The van der Waals surface area contributed by atoms with Crippen LogP contribution in [0.3, 0.4) is 0 Å². The van der Waals surface area contributed by atoms with Gasteiger partial charge in [0.15, 0.2) is 5.16 Å². The minimum Gasteiger partial charge on any atom is -0.384 e. The smallest absolute Gasteiger partial charge is 0.343 e. The van der Waals surface area contributed by atoms with Crippen LogP contribution in [-0.4, -0.2) is 26.5 Å². The van der Waals surface area contributed by atoms with Gasteiger partial charge in [0.2, 0.25) is 0 Å². The van der Waals surface area contributed by atoms with E-state index in [1.165, 1.54) is 11.8 Å². The van der Waals surface area contributed by atoms with Crippen molar-refractivity contribution < 1.29 is 5.11 Å². The molecule has 5 nitrogen and oxygen atoms in total. The van der Waals surface area contributed by atoms with Crippen LogP contribution in [0.15, 0.2) is 34.2 Å². The molecule has 2 rings (SSSR count). The second-order valence-corrected chi connectivity index (χ2v) is 5.35. The molecule has 0 aliphatic carbocycles. The van der Waals surface area contributed by atoms with E-state index in [1.807, 2.05) is 31.2 Å². The molecule has 0 aliphatic rings. The van der Waals surface area contributed by atoms with Gasteiger partial charge in [0.05, 0.1) is 0 Å². The predicted molar refractivity (Wildman–Crippen MR) is 83.1 cm³/mol. The molecule has 0 amide bonds. The van der Waals surface area contributed by atoms with E-state index in [0.717, 1.165) is 17.5 Å². The average molecular weight is 303 g/mol. The third-order valence-electron chi connectivity index (χ3n) is 2.78. The van der Waals surface area contributed by atoms with Crippen molar-refractivity contribution in [1.82, 2.24) is 14.8 Å². The summed E-state index contributed by atoms with van der Waals surface area (Å²) in [6, 6.07) is 7.82. The fraction of sp³-hybridized carbons (Fsp3) is 0.333. The van der Waals surface area contributed by atoms with Crippen molar-refractivity contribution >= 4 is 11.8 Å². The van der Waals surface area contributed by atoms with Gasteiger partial charge in [-0.3, -0.25) is 4.57 Å². The molecule has 110 valence electrons. The van der Waals surface area contributed by atoms with Crippen LogP contribution in [0.25, 0.3) is 0 Å². The molecule has 0 atom stereocenters. The van der Waals surface area contributed by atoms with Crippen LogP contribution in [-0.2, 0) is 12.3 Å². The van der Waals surface area contributed by atoms with Crippen molar-refractivity contribution in [2.45, 2.75) is 30.8 Å². The third kappa shape index (κ3) is 4.25. The van der Waals surface area contributed by atoms with Gasteiger partial charge in [-0.15, -0.1) is 5.10 Å². The Bertz CT molecular complexity index is 709. The lowest BCUT2D eigenvalue weighted by atomic mass is 10.1. The highest BCUT2D eigenvalue weighted by atomic mass is 32.2. The second-order valence-electron chi connectivity index (χ2n) is 4.41. The number of aliphatic hydroxyl groups is 1. The van der Waals surface area contributed by atoms with E-state index in [9.17, 15) is 4.79 Å². The first-order valence-corrected chi connectivity index (χ1v) is 7.69. The Balaban J connectivity index is 2.08. The number of aliphatic hydroxyl groups excluding tert-OH is 1. The van der Waals surface area contributed by atoms with Crippen molar-refractivity contribution in [2.75, 3.05) is 6.61 Å². The minimum absolute atomic E-state index is 0.143. The number of rotatable bonds is 5. The maximum atomic E-state index is 11.6. The van der Waals surface area contributed by atoms with Crippen LogP contribution in [0.5, 0.6) is 0 Å². The molecule has 1 aromatic heterocycles. The van der Waals surface area contributed by atoms with E-state index in [4.69, 9.17) is 5.11 Å². The lowest BCUT2D eigenvalue weighted by Gasteiger charge is -2.04. The molecule has 0 radical (unpaired) electrons. The zero-order valence-electron chi connectivity index (χ0n) is 11.8. The van der Waals surface area contributed by atoms with Crippen LogP contribution >= 0.6 is 11.8 Å². The van der Waals surface area contributed by atoms with Gasteiger partial charge in [0.25, 0.3) is 0 Å². The summed E-state index contributed by atoms with van der Waals surface area (Å²) in [7, 11) is 0. The Kier molecular flexibility index (Phi) is 5.67. The minimum atomic E-state index is -0.165. The molecule has 0 saturated carbocycles. The maximum Gasteiger partial charge on any atom is 0.343 e. The molecule has 0 unspecified atom stereocenters. The Morgan fingerprint density at radius 3 is 3.10 bits per heavy atom. The second kappa shape index (κ2) is 7.72. The summed E-state index contributed by atoms with van der Waals surface area (Å²) in [5.41, 5.74) is 1.81. The van der Waals surface area contributed by atoms with Crippen molar-refractivity contribution in [1.29, 1.82) is 0 Å². The van der Waals surface area contributed by atoms with Crippen LogP contribution in [0.4, 0.5) is 0 Å². The number of hydrogen-bond donors (Lipinski definition) is 2. The van der Waals surface area contributed by atoms with Gasteiger partial charge in [0.1, 0.15) is 6.61 Å². The summed E-state index contributed by atoms with van der Waals surface area (Å²) in [6.45, 7) is 2.55. The molecule has 0 aliphatic heterocycles. The molecular formula is C15H17N3O2S. The summed E-state index contributed by atoms with van der Waals surface area (Å²) in [5.74, 6) is 6.22. The highest BCUT2D eigenvalue weighted by Crippen LogP contribution is 2.20. The molecular weight excluding hydrogens is 286 g/mol. The topological polar surface area (TPSA) is 70.9 Å². The molecule has 2 aromatic rings. The first-order valence-electron chi connectivity index (χ1n) is 6.71. The summed E-state index contributed by atoms with van der Waals surface area (Å²) in [4.78, 5) is 11.6. The molecule has 1 aromatic carbocycles. The number of thioether (sulfide) groups is 1. The highest BCUT2D eigenvalue weighted by Gasteiger charge is 2.08. The normalized spacial score (nSPS) is 10.2. The first-order chi connectivity index (χ1) is 10.2. The van der Waals surface area contributed by atoms with E-state index in [-0.39, 0.29) is 12.3 Å². The SMILES string of the molecule is CCCn1c(SCc2cccc(C#CCO)c2)n[nH]c1=O. The Morgan fingerprint density at radius 2 is 2.33 bits per heavy atom. The Morgan fingerprint density at radius 1 is 1.48 bits per heavy atom. The highest BCUT2D eigenvalue weighted by molar-refractivity contribution is 7.98. The van der Waals surface area contributed by atoms with E-state index in [2.05, 4.69) is 22.0 Å². The first kappa shape index (κ1) is 15.4. The zero-order valence-corrected chi connectivity index (χ0v) is 12.6.